The van der Waals surface area contributed by atoms with E-state index in [1.807, 2.05) is 18.2 Å². The summed E-state index contributed by atoms with van der Waals surface area (Å²) < 4.78 is 0. The van der Waals surface area contributed by atoms with Crippen LogP contribution in [0.25, 0.3) is 10.9 Å². The number of H-pyrrole nitrogens is 1. The van der Waals surface area contributed by atoms with E-state index in [2.05, 4.69) is 46.8 Å². The largest absolute Gasteiger partial charge is 0.369 e. The van der Waals surface area contributed by atoms with Crippen LogP contribution >= 0.6 is 0 Å². The van der Waals surface area contributed by atoms with Crippen molar-refractivity contribution in [3.05, 3.63) is 64.3 Å². The molecule has 2 fully saturated rings. The molecule has 3 aliphatic rings. The van der Waals surface area contributed by atoms with Gasteiger partial charge in [0.15, 0.2) is 5.78 Å². The van der Waals surface area contributed by atoms with Crippen LogP contribution in [0.2, 0.25) is 0 Å². The molecule has 0 bridgehead atoms. The van der Waals surface area contributed by atoms with E-state index in [0.29, 0.717) is 5.56 Å². The Morgan fingerprint density at radius 2 is 1.84 bits per heavy atom. The van der Waals surface area contributed by atoms with Gasteiger partial charge in [-0.25, -0.2) is 0 Å². The first-order valence-electron chi connectivity index (χ1n) is 11.2. The number of piperazine rings is 1. The number of nitrogens with one attached hydrogen (secondary N) is 1. The molecule has 0 amide bonds. The smallest absolute Gasteiger partial charge is 0.195 e. The molecule has 1 N–H and O–H groups in total. The zero-order valence-corrected chi connectivity index (χ0v) is 18.0. The predicted octanol–water partition coefficient (Wildman–Crippen LogP) is 4.19. The summed E-state index contributed by atoms with van der Waals surface area (Å²) in [6, 6.07) is 14.9. The number of fused-ring (bicyclic) bond motifs is 4. The summed E-state index contributed by atoms with van der Waals surface area (Å²) in [4.78, 5) is 22.1. The minimum atomic E-state index is -0.323. The van der Waals surface area contributed by atoms with E-state index in [1.165, 1.54) is 18.5 Å². The zero-order chi connectivity index (χ0) is 21.3. The van der Waals surface area contributed by atoms with Gasteiger partial charge in [-0.2, -0.15) is 5.26 Å². The fraction of sp³-hybridized carbons (Fsp3) is 0.385. The molecule has 2 heterocycles. The van der Waals surface area contributed by atoms with Crippen molar-refractivity contribution in [3.63, 3.8) is 0 Å². The minimum absolute atomic E-state index is 0.0744. The molecule has 2 aliphatic carbocycles. The normalized spacial score (nSPS) is 20.4. The summed E-state index contributed by atoms with van der Waals surface area (Å²) >= 11 is 0. The van der Waals surface area contributed by atoms with Crippen LogP contribution in [0.15, 0.2) is 36.4 Å². The molecule has 1 aromatic heterocycles. The Hall–Kier alpha value is -3.10. The Labute approximate surface area is 182 Å². The van der Waals surface area contributed by atoms with Crippen LogP contribution in [0.1, 0.15) is 59.4 Å². The third-order valence-corrected chi connectivity index (χ3v) is 7.44. The molecule has 2 aromatic carbocycles. The average Bonchev–Trinajstić information content (AvgIpc) is 3.57. The lowest BCUT2D eigenvalue weighted by atomic mass is 9.71. The summed E-state index contributed by atoms with van der Waals surface area (Å²) in [6.45, 7) is 8.70. The van der Waals surface area contributed by atoms with E-state index < -0.39 is 0 Å². The summed E-state index contributed by atoms with van der Waals surface area (Å²) in [5, 5.41) is 10.2. The number of carbonyl (C=O) groups excluding carboxylic acids is 1. The highest BCUT2D eigenvalue weighted by molar-refractivity contribution is 6.20. The monoisotopic (exact) mass is 410 g/mol. The maximum Gasteiger partial charge on any atom is 0.195 e. The highest BCUT2D eigenvalue weighted by Crippen LogP contribution is 2.45. The van der Waals surface area contributed by atoms with Crippen molar-refractivity contribution in [1.82, 2.24) is 9.88 Å². The fourth-order valence-electron chi connectivity index (χ4n) is 5.47. The van der Waals surface area contributed by atoms with Crippen molar-refractivity contribution in [2.75, 3.05) is 31.1 Å². The highest BCUT2D eigenvalue weighted by atomic mass is 16.1. The summed E-state index contributed by atoms with van der Waals surface area (Å²) in [5.74, 6) is 0.0744. The summed E-state index contributed by atoms with van der Waals surface area (Å²) in [5.41, 5.74) is 5.92. The average molecular weight is 411 g/mol. The maximum atomic E-state index is 13.5. The molecule has 0 spiro atoms. The first-order valence-corrected chi connectivity index (χ1v) is 11.2. The van der Waals surface area contributed by atoms with Crippen LogP contribution in [-0.2, 0) is 5.41 Å². The van der Waals surface area contributed by atoms with E-state index >= 15 is 0 Å². The molecule has 5 heteroatoms. The lowest BCUT2D eigenvalue weighted by molar-refractivity contribution is 0.103. The summed E-state index contributed by atoms with van der Waals surface area (Å²) in [7, 11) is 0. The van der Waals surface area contributed by atoms with Gasteiger partial charge in [0.1, 0.15) is 0 Å². The van der Waals surface area contributed by atoms with Crippen LogP contribution in [0, 0.1) is 11.3 Å². The number of nitrogens with zero attached hydrogens (tertiary/aromatic N) is 3. The molecular weight excluding hydrogens is 384 g/mol. The number of aromatic nitrogens is 1. The number of aromatic amines is 1. The third-order valence-electron chi connectivity index (χ3n) is 7.44. The van der Waals surface area contributed by atoms with E-state index in [0.717, 1.165) is 65.5 Å². The van der Waals surface area contributed by atoms with Crippen molar-refractivity contribution >= 4 is 22.4 Å². The maximum absolute atomic E-state index is 13.5. The fourth-order valence-corrected chi connectivity index (χ4v) is 5.47. The zero-order valence-electron chi connectivity index (χ0n) is 18.0. The second kappa shape index (κ2) is 6.45. The van der Waals surface area contributed by atoms with Crippen molar-refractivity contribution in [1.29, 1.82) is 5.26 Å². The first-order chi connectivity index (χ1) is 15.0. The second-order valence-corrected chi connectivity index (χ2v) is 9.69. The molecule has 6 rings (SSSR count). The van der Waals surface area contributed by atoms with Gasteiger partial charge < -0.3 is 9.88 Å². The number of ketones is 1. The van der Waals surface area contributed by atoms with Crippen LogP contribution in [0.3, 0.4) is 0 Å². The van der Waals surface area contributed by atoms with Crippen LogP contribution in [0.4, 0.5) is 5.69 Å². The topological polar surface area (TPSA) is 63.1 Å². The predicted molar refractivity (Wildman–Crippen MR) is 122 cm³/mol. The number of hydrogen-bond donors (Lipinski definition) is 1. The standard InChI is InChI=1S/C26H26N4O/c1-26(2)21-14-18(30-11-9-29(10-12-30)17-4-5-17)6-8-19(21)24(31)23-20-7-3-16(15-27)13-22(20)28-25(23)26/h3,6-8,13-14,17,28H,4-5,9-12H2,1-2H3. The van der Waals surface area contributed by atoms with Crippen LogP contribution < -0.4 is 4.90 Å². The molecule has 156 valence electrons. The number of nitriles is 1. The van der Waals surface area contributed by atoms with Gasteiger partial charge in [-0.05, 0) is 48.7 Å². The van der Waals surface area contributed by atoms with Crippen molar-refractivity contribution in [2.45, 2.75) is 38.1 Å². The Morgan fingerprint density at radius 1 is 1.06 bits per heavy atom. The number of hydrogen-bond acceptors (Lipinski definition) is 4. The Balaban J connectivity index is 1.40. The number of benzene rings is 2. The molecule has 3 aromatic rings. The van der Waals surface area contributed by atoms with E-state index in [9.17, 15) is 10.1 Å². The quantitative estimate of drug-likeness (QED) is 0.688. The van der Waals surface area contributed by atoms with E-state index in [-0.39, 0.29) is 11.2 Å². The SMILES string of the molecule is CC1(C)c2cc(N3CCN(C4CC4)CC3)ccc2C(=O)c2c1[nH]c1cc(C#N)ccc21. The lowest BCUT2D eigenvalue weighted by Crippen LogP contribution is -2.47. The van der Waals surface area contributed by atoms with Gasteiger partial charge in [-0.3, -0.25) is 9.69 Å². The van der Waals surface area contributed by atoms with Gasteiger partial charge in [0.2, 0.25) is 0 Å². The van der Waals surface area contributed by atoms with E-state index in [4.69, 9.17) is 0 Å². The Morgan fingerprint density at radius 3 is 2.55 bits per heavy atom. The molecule has 31 heavy (non-hydrogen) atoms. The molecular formula is C26H26N4O. The highest BCUT2D eigenvalue weighted by Gasteiger charge is 2.40. The number of anilines is 1. The molecule has 5 nitrogen and oxygen atoms in total. The number of rotatable bonds is 2. The van der Waals surface area contributed by atoms with Gasteiger partial charge in [0.05, 0.1) is 17.2 Å². The summed E-state index contributed by atoms with van der Waals surface area (Å²) in [6.07, 6.45) is 2.72. The van der Waals surface area contributed by atoms with Crippen LogP contribution in [-0.4, -0.2) is 47.9 Å². The molecule has 0 atom stereocenters. The van der Waals surface area contributed by atoms with E-state index in [1.54, 1.807) is 6.07 Å². The van der Waals surface area contributed by atoms with Crippen LogP contribution in [0.5, 0.6) is 0 Å². The van der Waals surface area contributed by atoms with Crippen molar-refractivity contribution < 1.29 is 4.79 Å². The van der Waals surface area contributed by atoms with Gasteiger partial charge in [0.25, 0.3) is 0 Å². The Kier molecular flexibility index (Phi) is 3.88. The molecule has 1 saturated heterocycles. The van der Waals surface area contributed by atoms with Gasteiger partial charge >= 0.3 is 0 Å². The van der Waals surface area contributed by atoms with Gasteiger partial charge in [0, 0.05) is 65.5 Å². The Bertz CT molecular complexity index is 1270. The third kappa shape index (κ3) is 2.75. The van der Waals surface area contributed by atoms with Crippen molar-refractivity contribution in [2.24, 2.45) is 0 Å². The minimum Gasteiger partial charge on any atom is -0.369 e. The lowest BCUT2D eigenvalue weighted by Gasteiger charge is -2.38. The first kappa shape index (κ1) is 18.7. The molecule has 1 saturated carbocycles. The second-order valence-electron chi connectivity index (χ2n) is 9.69. The number of carbonyl (C=O) groups is 1. The molecule has 0 unspecified atom stereocenters. The molecule has 0 radical (unpaired) electrons. The van der Waals surface area contributed by atoms with Gasteiger partial charge in [-0.1, -0.05) is 19.9 Å². The molecule has 1 aliphatic heterocycles. The van der Waals surface area contributed by atoms with Gasteiger partial charge in [-0.15, -0.1) is 0 Å². The van der Waals surface area contributed by atoms with Crippen molar-refractivity contribution in [3.8, 4) is 6.07 Å².